The summed E-state index contributed by atoms with van der Waals surface area (Å²) in [5.41, 5.74) is 0.806. The predicted octanol–water partition coefficient (Wildman–Crippen LogP) is 4.67. The number of hydrogen-bond acceptors (Lipinski definition) is 3. The van der Waals surface area contributed by atoms with Gasteiger partial charge >= 0.3 is 0 Å². The standard InChI is InChI=1S/C24H28N2O3/c27-23-16-18(24(28)25-19-8-4-1-2-5-9-19)17-26(23)20-12-14-22(15-13-20)29-21-10-6-3-7-11-21/h3,6-7,10-15,18-19H,1-2,4-5,8-9,16-17H2,(H,25,28). The molecule has 0 bridgehead atoms. The van der Waals surface area contributed by atoms with Gasteiger partial charge in [0.15, 0.2) is 0 Å². The number of hydrogen-bond donors (Lipinski definition) is 1. The summed E-state index contributed by atoms with van der Waals surface area (Å²) in [5, 5.41) is 3.19. The Morgan fingerprint density at radius 3 is 2.24 bits per heavy atom. The average molecular weight is 392 g/mol. The summed E-state index contributed by atoms with van der Waals surface area (Å²) < 4.78 is 5.81. The Labute approximate surface area is 172 Å². The molecule has 1 aliphatic heterocycles. The van der Waals surface area contributed by atoms with Crippen LogP contribution in [0.1, 0.15) is 44.9 Å². The number of anilines is 1. The van der Waals surface area contributed by atoms with Crippen molar-refractivity contribution in [3.05, 3.63) is 54.6 Å². The van der Waals surface area contributed by atoms with Crippen LogP contribution in [-0.4, -0.2) is 24.4 Å². The SMILES string of the molecule is O=C(NC1CCCCCC1)C1CC(=O)N(c2ccc(Oc3ccccc3)cc2)C1. The van der Waals surface area contributed by atoms with Crippen LogP contribution in [0.4, 0.5) is 5.69 Å². The lowest BCUT2D eigenvalue weighted by atomic mass is 10.0. The molecule has 1 N–H and O–H groups in total. The van der Waals surface area contributed by atoms with Gasteiger partial charge in [-0.2, -0.15) is 0 Å². The summed E-state index contributed by atoms with van der Waals surface area (Å²) in [6, 6.07) is 17.3. The van der Waals surface area contributed by atoms with Gasteiger partial charge < -0.3 is 15.0 Å². The number of para-hydroxylation sites is 1. The third-order valence-corrected chi connectivity index (χ3v) is 5.82. The number of rotatable bonds is 5. The second-order valence-electron chi connectivity index (χ2n) is 8.01. The van der Waals surface area contributed by atoms with Crippen LogP contribution in [0.3, 0.4) is 0 Å². The highest BCUT2D eigenvalue weighted by Crippen LogP contribution is 2.29. The highest BCUT2D eigenvalue weighted by molar-refractivity contribution is 6.00. The van der Waals surface area contributed by atoms with Gasteiger partial charge in [0.05, 0.1) is 5.92 Å². The number of nitrogens with one attached hydrogen (secondary N) is 1. The van der Waals surface area contributed by atoms with Gasteiger partial charge in [-0.15, -0.1) is 0 Å². The number of ether oxygens (including phenoxy) is 1. The summed E-state index contributed by atoms with van der Waals surface area (Å²) in [5.74, 6) is 1.24. The molecule has 1 unspecified atom stereocenters. The Kier molecular flexibility index (Phi) is 6.13. The van der Waals surface area contributed by atoms with Crippen LogP contribution in [-0.2, 0) is 9.59 Å². The fraction of sp³-hybridized carbons (Fsp3) is 0.417. The predicted molar refractivity (Wildman–Crippen MR) is 113 cm³/mol. The lowest BCUT2D eigenvalue weighted by Gasteiger charge is -2.20. The van der Waals surface area contributed by atoms with E-state index in [0.29, 0.717) is 12.3 Å². The Morgan fingerprint density at radius 2 is 1.55 bits per heavy atom. The molecular weight excluding hydrogens is 364 g/mol. The highest BCUT2D eigenvalue weighted by Gasteiger charge is 2.35. The Morgan fingerprint density at radius 1 is 0.897 bits per heavy atom. The first-order valence-electron chi connectivity index (χ1n) is 10.6. The highest BCUT2D eigenvalue weighted by atomic mass is 16.5. The van der Waals surface area contributed by atoms with Crippen molar-refractivity contribution in [2.75, 3.05) is 11.4 Å². The van der Waals surface area contributed by atoms with Gasteiger partial charge in [-0.3, -0.25) is 9.59 Å². The maximum atomic E-state index is 12.7. The molecule has 5 nitrogen and oxygen atoms in total. The van der Waals surface area contributed by atoms with Crippen molar-refractivity contribution < 1.29 is 14.3 Å². The van der Waals surface area contributed by atoms with Gasteiger partial charge in [-0.25, -0.2) is 0 Å². The fourth-order valence-electron chi connectivity index (χ4n) is 4.19. The normalized spacial score (nSPS) is 20.3. The first-order chi connectivity index (χ1) is 14.2. The third kappa shape index (κ3) is 4.97. The molecule has 2 aromatic carbocycles. The van der Waals surface area contributed by atoms with Crippen LogP contribution in [0, 0.1) is 5.92 Å². The molecule has 0 spiro atoms. The second-order valence-corrected chi connectivity index (χ2v) is 8.01. The molecule has 152 valence electrons. The van der Waals surface area contributed by atoms with Crippen LogP contribution in [0.5, 0.6) is 11.5 Å². The topological polar surface area (TPSA) is 58.6 Å². The smallest absolute Gasteiger partial charge is 0.227 e. The van der Waals surface area contributed by atoms with Crippen molar-refractivity contribution in [3.8, 4) is 11.5 Å². The van der Waals surface area contributed by atoms with E-state index in [-0.39, 0.29) is 30.2 Å². The quantitative estimate of drug-likeness (QED) is 0.752. The lowest BCUT2D eigenvalue weighted by molar-refractivity contribution is -0.127. The molecule has 0 radical (unpaired) electrons. The van der Waals surface area contributed by atoms with Gasteiger partial charge in [0.1, 0.15) is 11.5 Å². The maximum absolute atomic E-state index is 12.7. The van der Waals surface area contributed by atoms with Crippen LogP contribution < -0.4 is 15.0 Å². The molecule has 1 atom stereocenters. The molecule has 2 fully saturated rings. The summed E-state index contributed by atoms with van der Waals surface area (Å²) in [6.07, 6.45) is 7.26. The van der Waals surface area contributed by atoms with Gasteiger partial charge in [-0.1, -0.05) is 43.9 Å². The van der Waals surface area contributed by atoms with E-state index in [1.165, 1.54) is 25.7 Å². The molecule has 2 aliphatic rings. The molecule has 1 aliphatic carbocycles. The zero-order valence-corrected chi connectivity index (χ0v) is 16.7. The summed E-state index contributed by atoms with van der Waals surface area (Å²) >= 11 is 0. The summed E-state index contributed by atoms with van der Waals surface area (Å²) in [7, 11) is 0. The van der Waals surface area contributed by atoms with E-state index in [0.717, 1.165) is 24.3 Å². The number of benzene rings is 2. The molecular formula is C24H28N2O3. The van der Waals surface area contributed by atoms with Gasteiger partial charge in [0, 0.05) is 24.7 Å². The number of carbonyl (C=O) groups is 2. The molecule has 1 saturated heterocycles. The van der Waals surface area contributed by atoms with E-state index in [9.17, 15) is 9.59 Å². The minimum atomic E-state index is -0.272. The number of nitrogens with zero attached hydrogens (tertiary/aromatic N) is 1. The lowest BCUT2D eigenvalue weighted by Crippen LogP contribution is -2.39. The zero-order chi connectivity index (χ0) is 20.1. The molecule has 2 amide bonds. The van der Waals surface area contributed by atoms with Crippen molar-refractivity contribution in [3.63, 3.8) is 0 Å². The Balaban J connectivity index is 1.35. The van der Waals surface area contributed by atoms with Gasteiger partial charge in [0.2, 0.25) is 11.8 Å². The van der Waals surface area contributed by atoms with Crippen LogP contribution >= 0.6 is 0 Å². The van der Waals surface area contributed by atoms with E-state index >= 15 is 0 Å². The van der Waals surface area contributed by atoms with Crippen LogP contribution in [0.15, 0.2) is 54.6 Å². The van der Waals surface area contributed by atoms with Crippen molar-refractivity contribution in [2.24, 2.45) is 5.92 Å². The minimum Gasteiger partial charge on any atom is -0.457 e. The van der Waals surface area contributed by atoms with Crippen molar-refractivity contribution in [1.29, 1.82) is 0 Å². The van der Waals surface area contributed by atoms with Crippen molar-refractivity contribution in [2.45, 2.75) is 51.0 Å². The monoisotopic (exact) mass is 392 g/mol. The zero-order valence-electron chi connectivity index (χ0n) is 16.7. The minimum absolute atomic E-state index is 0.00254. The fourth-order valence-corrected chi connectivity index (χ4v) is 4.19. The third-order valence-electron chi connectivity index (χ3n) is 5.82. The van der Waals surface area contributed by atoms with Gasteiger partial charge in [0.25, 0.3) is 0 Å². The van der Waals surface area contributed by atoms with Crippen LogP contribution in [0.2, 0.25) is 0 Å². The molecule has 4 rings (SSSR count). The summed E-state index contributed by atoms with van der Waals surface area (Å²) in [4.78, 5) is 26.9. The van der Waals surface area contributed by atoms with Crippen molar-refractivity contribution >= 4 is 17.5 Å². The summed E-state index contributed by atoms with van der Waals surface area (Å²) in [6.45, 7) is 0.441. The maximum Gasteiger partial charge on any atom is 0.227 e. The van der Waals surface area contributed by atoms with E-state index in [4.69, 9.17) is 4.74 Å². The number of amides is 2. The molecule has 29 heavy (non-hydrogen) atoms. The van der Waals surface area contributed by atoms with E-state index < -0.39 is 0 Å². The Hall–Kier alpha value is -2.82. The van der Waals surface area contributed by atoms with Crippen molar-refractivity contribution in [1.82, 2.24) is 5.32 Å². The molecule has 2 aromatic rings. The molecule has 5 heteroatoms. The van der Waals surface area contributed by atoms with E-state index in [1.54, 1.807) is 4.90 Å². The number of carbonyl (C=O) groups excluding carboxylic acids is 2. The molecule has 1 saturated carbocycles. The van der Waals surface area contributed by atoms with E-state index in [1.807, 2.05) is 54.6 Å². The van der Waals surface area contributed by atoms with Crippen LogP contribution in [0.25, 0.3) is 0 Å². The average Bonchev–Trinajstić information content (AvgIpc) is 2.95. The Bertz CT molecular complexity index is 827. The van der Waals surface area contributed by atoms with Gasteiger partial charge in [-0.05, 0) is 49.2 Å². The van der Waals surface area contributed by atoms with E-state index in [2.05, 4.69) is 5.32 Å². The molecule has 1 heterocycles. The molecule has 0 aromatic heterocycles. The first kappa shape index (κ1) is 19.5. The first-order valence-corrected chi connectivity index (χ1v) is 10.6. The largest absolute Gasteiger partial charge is 0.457 e. The second kappa shape index (κ2) is 9.12.